The number of benzene rings is 1. The summed E-state index contributed by atoms with van der Waals surface area (Å²) < 4.78 is 0. The Labute approximate surface area is 171 Å². The van der Waals surface area contributed by atoms with E-state index < -0.39 is 0 Å². The van der Waals surface area contributed by atoms with Crippen LogP contribution in [0.3, 0.4) is 0 Å². The summed E-state index contributed by atoms with van der Waals surface area (Å²) in [6.07, 6.45) is 1.69. The lowest BCUT2D eigenvalue weighted by atomic mass is 9.88. The fourth-order valence-electron chi connectivity index (χ4n) is 2.65. The quantitative estimate of drug-likeness (QED) is 0.683. The minimum atomic E-state index is -0.196. The average Bonchev–Trinajstić information content (AvgIpc) is 2.59. The Morgan fingerprint density at radius 3 is 2.59 bits per heavy atom. The molecule has 0 spiro atoms. The summed E-state index contributed by atoms with van der Waals surface area (Å²) in [6, 6.07) is 12.5. The third-order valence-corrected chi connectivity index (χ3v) is 4.48. The lowest BCUT2D eigenvalue weighted by molar-refractivity contribution is -0.121. The van der Waals surface area contributed by atoms with E-state index in [1.54, 1.807) is 30.5 Å². The molecule has 27 heavy (non-hydrogen) atoms. The van der Waals surface area contributed by atoms with Gasteiger partial charge in [0.1, 0.15) is 0 Å². The summed E-state index contributed by atoms with van der Waals surface area (Å²) in [7, 11) is 0. The maximum absolute atomic E-state index is 12.3. The monoisotopic (exact) mass is 410 g/mol. The average molecular weight is 411 g/mol. The molecule has 1 aliphatic heterocycles. The Balaban J connectivity index is 0.00000182. The maximum atomic E-state index is 12.3. The van der Waals surface area contributed by atoms with E-state index in [9.17, 15) is 9.59 Å². The molecular weight excluding hydrogens is 387 g/mol. The van der Waals surface area contributed by atoms with Gasteiger partial charge >= 0.3 is 0 Å². The summed E-state index contributed by atoms with van der Waals surface area (Å²) in [4.78, 5) is 28.8. The Bertz CT molecular complexity index is 754. The van der Waals surface area contributed by atoms with Crippen LogP contribution in [0.5, 0.6) is 0 Å². The van der Waals surface area contributed by atoms with Gasteiger partial charge in [0.25, 0.3) is 5.91 Å². The van der Waals surface area contributed by atoms with Crippen LogP contribution >= 0.6 is 24.8 Å². The van der Waals surface area contributed by atoms with Crippen molar-refractivity contribution in [1.29, 1.82) is 0 Å². The molecular formula is C19H24Cl2N4O2. The zero-order chi connectivity index (χ0) is 17.6. The van der Waals surface area contributed by atoms with E-state index in [0.717, 1.165) is 18.8 Å². The molecule has 8 heteroatoms. The maximum Gasteiger partial charge on any atom is 0.251 e. The highest BCUT2D eigenvalue weighted by Gasteiger charge is 2.28. The fourth-order valence-corrected chi connectivity index (χ4v) is 2.65. The second kappa shape index (κ2) is 10.9. The van der Waals surface area contributed by atoms with Crippen molar-refractivity contribution < 1.29 is 9.59 Å². The van der Waals surface area contributed by atoms with Gasteiger partial charge in [0.15, 0.2) is 0 Å². The lowest BCUT2D eigenvalue weighted by Gasteiger charge is -2.31. The number of halogens is 2. The number of carbonyl (C=O) groups is 2. The number of hydrogen-bond donors (Lipinski definition) is 3. The first-order chi connectivity index (χ1) is 12.1. The first kappa shape index (κ1) is 22.9. The predicted molar refractivity (Wildman–Crippen MR) is 110 cm³/mol. The van der Waals surface area contributed by atoms with Gasteiger partial charge in [-0.1, -0.05) is 19.1 Å². The van der Waals surface area contributed by atoms with Crippen LogP contribution < -0.4 is 16.0 Å². The third kappa shape index (κ3) is 6.20. The molecule has 3 N–H and O–H groups in total. The number of hydrogen-bond acceptors (Lipinski definition) is 4. The van der Waals surface area contributed by atoms with Gasteiger partial charge in [0.05, 0.1) is 12.2 Å². The van der Waals surface area contributed by atoms with Crippen molar-refractivity contribution in [2.75, 3.05) is 18.4 Å². The van der Waals surface area contributed by atoms with Gasteiger partial charge in [-0.2, -0.15) is 0 Å². The number of amides is 2. The van der Waals surface area contributed by atoms with Gasteiger partial charge in [-0.3, -0.25) is 14.6 Å². The second-order valence-corrected chi connectivity index (χ2v) is 6.28. The molecule has 0 aliphatic carbocycles. The van der Waals surface area contributed by atoms with Gasteiger partial charge in [-0.15, -0.1) is 24.8 Å². The van der Waals surface area contributed by atoms with E-state index in [1.807, 2.05) is 25.1 Å². The molecule has 2 amide bonds. The first-order valence-corrected chi connectivity index (χ1v) is 8.43. The van der Waals surface area contributed by atoms with Crippen molar-refractivity contribution in [1.82, 2.24) is 15.6 Å². The molecule has 2 aromatic rings. The molecule has 1 atom stereocenters. The van der Waals surface area contributed by atoms with E-state index in [2.05, 4.69) is 20.9 Å². The number of aromatic nitrogens is 1. The number of nitrogens with zero attached hydrogens (tertiary/aromatic N) is 1. The molecule has 3 rings (SSSR count). The minimum Gasteiger partial charge on any atom is -0.346 e. The number of pyridine rings is 1. The smallest absolute Gasteiger partial charge is 0.251 e. The summed E-state index contributed by atoms with van der Waals surface area (Å²) in [5, 5.41) is 8.91. The highest BCUT2D eigenvalue weighted by atomic mass is 35.5. The summed E-state index contributed by atoms with van der Waals surface area (Å²) in [5.41, 5.74) is 1.93. The molecule has 1 unspecified atom stereocenters. The molecule has 2 heterocycles. The molecule has 146 valence electrons. The number of nitrogens with one attached hydrogen (secondary N) is 3. The van der Waals surface area contributed by atoms with Gasteiger partial charge in [-0.05, 0) is 49.3 Å². The second-order valence-electron chi connectivity index (χ2n) is 6.28. The zero-order valence-corrected chi connectivity index (χ0v) is 16.6. The molecule has 0 bridgehead atoms. The Kier molecular flexibility index (Phi) is 9.21. The summed E-state index contributed by atoms with van der Waals surface area (Å²) >= 11 is 0. The first-order valence-electron chi connectivity index (χ1n) is 8.43. The van der Waals surface area contributed by atoms with Crippen molar-refractivity contribution in [3.63, 3.8) is 0 Å². The van der Waals surface area contributed by atoms with E-state index in [1.165, 1.54) is 0 Å². The van der Waals surface area contributed by atoms with Gasteiger partial charge in [0.2, 0.25) is 5.91 Å². The molecule has 0 radical (unpaired) electrons. The predicted octanol–water partition coefficient (Wildman–Crippen LogP) is 2.65. The fraction of sp³-hybridized carbons (Fsp3) is 0.316. The summed E-state index contributed by atoms with van der Waals surface area (Å²) in [5.74, 6) is 0.114. The third-order valence-electron chi connectivity index (χ3n) is 4.48. The van der Waals surface area contributed by atoms with Crippen LogP contribution in [0.2, 0.25) is 0 Å². The van der Waals surface area contributed by atoms with E-state index >= 15 is 0 Å². The van der Waals surface area contributed by atoms with Crippen LogP contribution in [-0.4, -0.2) is 29.9 Å². The summed E-state index contributed by atoms with van der Waals surface area (Å²) in [6.45, 7) is 4.06. The molecule has 0 saturated carbocycles. The van der Waals surface area contributed by atoms with E-state index in [-0.39, 0.29) is 42.5 Å². The van der Waals surface area contributed by atoms with E-state index in [0.29, 0.717) is 23.7 Å². The van der Waals surface area contributed by atoms with Crippen LogP contribution in [0, 0.1) is 11.8 Å². The zero-order valence-electron chi connectivity index (χ0n) is 15.0. The normalized spacial score (nSPS) is 14.0. The van der Waals surface area contributed by atoms with Crippen molar-refractivity contribution in [3.8, 4) is 0 Å². The van der Waals surface area contributed by atoms with Crippen molar-refractivity contribution in [2.24, 2.45) is 11.8 Å². The van der Waals surface area contributed by atoms with E-state index in [4.69, 9.17) is 0 Å². The minimum absolute atomic E-state index is 0. The topological polar surface area (TPSA) is 83.1 Å². The van der Waals surface area contributed by atoms with Crippen LogP contribution in [0.15, 0.2) is 48.7 Å². The van der Waals surface area contributed by atoms with Gasteiger partial charge in [-0.25, -0.2) is 0 Å². The molecule has 1 fully saturated rings. The molecule has 1 aromatic heterocycles. The van der Waals surface area contributed by atoms with Gasteiger partial charge in [0, 0.05) is 23.4 Å². The van der Waals surface area contributed by atoms with Crippen LogP contribution in [0.4, 0.5) is 5.69 Å². The highest BCUT2D eigenvalue weighted by molar-refractivity contribution is 5.97. The van der Waals surface area contributed by atoms with Gasteiger partial charge < -0.3 is 16.0 Å². The largest absolute Gasteiger partial charge is 0.346 e. The van der Waals surface area contributed by atoms with Crippen molar-refractivity contribution in [3.05, 3.63) is 59.9 Å². The van der Waals surface area contributed by atoms with Crippen molar-refractivity contribution >= 4 is 42.3 Å². The molecule has 1 aromatic carbocycles. The lowest BCUT2D eigenvalue weighted by Crippen LogP contribution is -2.48. The highest BCUT2D eigenvalue weighted by Crippen LogP contribution is 2.19. The SMILES string of the molecule is CC(C(=O)Nc1cccc(C(=O)NCc2ccccn2)c1)C1CNC1.Cl.Cl. The van der Waals surface area contributed by atoms with Crippen LogP contribution in [0.25, 0.3) is 0 Å². The standard InChI is InChI=1S/C19H22N4O2.2ClH/c1-13(15-10-20-11-15)18(24)23-16-7-4-5-14(9-16)19(25)22-12-17-6-2-3-8-21-17;;/h2-9,13,15,20H,10-12H2,1H3,(H,22,25)(H,23,24);2*1H. The Morgan fingerprint density at radius 2 is 1.96 bits per heavy atom. The van der Waals surface area contributed by atoms with Crippen molar-refractivity contribution in [2.45, 2.75) is 13.5 Å². The number of carbonyl (C=O) groups excluding carboxylic acids is 2. The molecule has 1 saturated heterocycles. The number of rotatable bonds is 6. The van der Waals surface area contributed by atoms with Crippen LogP contribution in [0.1, 0.15) is 23.0 Å². The molecule has 1 aliphatic rings. The number of anilines is 1. The Hall–Kier alpha value is -2.15. The van der Waals surface area contributed by atoms with Crippen LogP contribution in [-0.2, 0) is 11.3 Å². The molecule has 6 nitrogen and oxygen atoms in total. The Morgan fingerprint density at radius 1 is 1.19 bits per heavy atom.